The molecule has 0 saturated heterocycles. The molecule has 0 saturated carbocycles. The van der Waals surface area contributed by atoms with Crippen LogP contribution < -0.4 is 5.32 Å². The van der Waals surface area contributed by atoms with E-state index in [9.17, 15) is 9.90 Å². The first-order valence-electron chi connectivity index (χ1n) is 5.78. The number of aromatic nitrogens is 1. The highest BCUT2D eigenvalue weighted by atomic mass is 35.5. The number of aliphatic hydroxyl groups is 1. The molecule has 2 N–H and O–H groups in total. The van der Waals surface area contributed by atoms with Gasteiger partial charge in [-0.15, -0.1) is 0 Å². The van der Waals surface area contributed by atoms with Gasteiger partial charge in [0.15, 0.2) is 0 Å². The van der Waals surface area contributed by atoms with Gasteiger partial charge in [-0.25, -0.2) is 0 Å². The third-order valence-corrected chi connectivity index (χ3v) is 2.87. The number of carbonyl (C=O) groups is 1. The molecule has 2 aromatic rings. The van der Waals surface area contributed by atoms with Crippen LogP contribution in [0.5, 0.6) is 0 Å². The van der Waals surface area contributed by atoms with Gasteiger partial charge < -0.3 is 10.4 Å². The Labute approximate surface area is 116 Å². The van der Waals surface area contributed by atoms with Gasteiger partial charge in [-0.1, -0.05) is 23.7 Å². The molecular formula is C14H13ClN2O2. The van der Waals surface area contributed by atoms with Crippen molar-refractivity contribution in [1.82, 2.24) is 10.3 Å². The summed E-state index contributed by atoms with van der Waals surface area (Å²) in [7, 11) is 0. The first-order valence-corrected chi connectivity index (χ1v) is 6.16. The maximum Gasteiger partial charge on any atom is 0.251 e. The van der Waals surface area contributed by atoms with Crippen LogP contribution in [0.2, 0.25) is 5.02 Å². The molecule has 0 aliphatic rings. The Hall–Kier alpha value is -1.91. The summed E-state index contributed by atoms with van der Waals surface area (Å²) < 4.78 is 0. The van der Waals surface area contributed by atoms with E-state index in [1.165, 1.54) is 0 Å². The second-order valence-electron chi connectivity index (χ2n) is 4.02. The van der Waals surface area contributed by atoms with Gasteiger partial charge in [0.25, 0.3) is 5.91 Å². The maximum absolute atomic E-state index is 11.8. The molecule has 1 heterocycles. The lowest BCUT2D eigenvalue weighted by Crippen LogP contribution is -2.28. The highest BCUT2D eigenvalue weighted by molar-refractivity contribution is 6.30. The molecule has 98 valence electrons. The van der Waals surface area contributed by atoms with Crippen LogP contribution in [0, 0.1) is 0 Å². The number of benzene rings is 1. The summed E-state index contributed by atoms with van der Waals surface area (Å²) in [5.74, 6) is -0.247. The number of pyridine rings is 1. The van der Waals surface area contributed by atoms with Gasteiger partial charge in [0.1, 0.15) is 0 Å². The minimum Gasteiger partial charge on any atom is -0.387 e. The van der Waals surface area contributed by atoms with E-state index in [-0.39, 0.29) is 12.5 Å². The van der Waals surface area contributed by atoms with Crippen molar-refractivity contribution in [2.45, 2.75) is 6.10 Å². The monoisotopic (exact) mass is 276 g/mol. The quantitative estimate of drug-likeness (QED) is 0.900. The predicted octanol–water partition coefficient (Wildman–Crippen LogP) is 2.20. The van der Waals surface area contributed by atoms with E-state index in [2.05, 4.69) is 10.3 Å². The number of amides is 1. The fourth-order valence-electron chi connectivity index (χ4n) is 1.63. The molecule has 1 aromatic carbocycles. The molecule has 0 unspecified atom stereocenters. The Kier molecular flexibility index (Phi) is 4.49. The van der Waals surface area contributed by atoms with Crippen LogP contribution in [0.1, 0.15) is 22.0 Å². The van der Waals surface area contributed by atoms with Crippen molar-refractivity contribution < 1.29 is 9.90 Å². The van der Waals surface area contributed by atoms with Crippen molar-refractivity contribution in [3.63, 3.8) is 0 Å². The SMILES string of the molecule is O=C(NC[C@@H](O)c1cccc(Cl)c1)c1ccncc1. The average Bonchev–Trinajstić information content (AvgIpc) is 2.45. The zero-order valence-corrected chi connectivity index (χ0v) is 10.8. The molecule has 0 aliphatic heterocycles. The number of hydrogen-bond acceptors (Lipinski definition) is 3. The molecule has 19 heavy (non-hydrogen) atoms. The maximum atomic E-state index is 11.8. The van der Waals surface area contributed by atoms with E-state index in [0.29, 0.717) is 16.1 Å². The number of aliphatic hydroxyl groups excluding tert-OH is 1. The highest BCUT2D eigenvalue weighted by Crippen LogP contribution is 2.17. The fourth-order valence-corrected chi connectivity index (χ4v) is 1.83. The Bertz CT molecular complexity index is 560. The van der Waals surface area contributed by atoms with E-state index < -0.39 is 6.10 Å². The average molecular weight is 277 g/mol. The Morgan fingerprint density at radius 1 is 1.32 bits per heavy atom. The van der Waals surface area contributed by atoms with E-state index in [4.69, 9.17) is 11.6 Å². The second kappa shape index (κ2) is 6.31. The minimum atomic E-state index is -0.788. The summed E-state index contributed by atoms with van der Waals surface area (Å²) in [6, 6.07) is 10.1. The molecule has 2 rings (SSSR count). The van der Waals surface area contributed by atoms with Crippen LogP contribution >= 0.6 is 11.6 Å². The van der Waals surface area contributed by atoms with Crippen LogP contribution in [0.25, 0.3) is 0 Å². The van der Waals surface area contributed by atoms with Gasteiger partial charge in [0.05, 0.1) is 6.10 Å². The molecule has 4 nitrogen and oxygen atoms in total. The van der Waals surface area contributed by atoms with Crippen LogP contribution in [0.15, 0.2) is 48.8 Å². The lowest BCUT2D eigenvalue weighted by Gasteiger charge is -2.12. The molecule has 0 bridgehead atoms. The molecule has 1 aromatic heterocycles. The molecule has 5 heteroatoms. The van der Waals surface area contributed by atoms with E-state index in [1.807, 2.05) is 0 Å². The molecule has 1 amide bonds. The summed E-state index contributed by atoms with van der Waals surface area (Å²) in [6.45, 7) is 0.126. The molecule has 1 atom stereocenters. The van der Waals surface area contributed by atoms with Crippen LogP contribution in [-0.2, 0) is 0 Å². The minimum absolute atomic E-state index is 0.126. The third-order valence-electron chi connectivity index (χ3n) is 2.63. The normalized spacial score (nSPS) is 11.9. The molecule has 0 radical (unpaired) electrons. The van der Waals surface area contributed by atoms with Crippen molar-refractivity contribution in [3.8, 4) is 0 Å². The standard InChI is InChI=1S/C14H13ClN2O2/c15-12-3-1-2-11(8-12)13(18)9-17-14(19)10-4-6-16-7-5-10/h1-8,13,18H,9H2,(H,17,19)/t13-/m1/s1. The molecule has 0 fully saturated rings. The first kappa shape index (κ1) is 13.5. The van der Waals surface area contributed by atoms with Gasteiger partial charge in [-0.3, -0.25) is 9.78 Å². The molecule has 0 spiro atoms. The van der Waals surface area contributed by atoms with Gasteiger partial charge in [0.2, 0.25) is 0 Å². The number of carbonyl (C=O) groups excluding carboxylic acids is 1. The summed E-state index contributed by atoms with van der Waals surface area (Å²) in [5, 5.41) is 13.2. The van der Waals surface area contributed by atoms with Crippen LogP contribution in [0.3, 0.4) is 0 Å². The van der Waals surface area contributed by atoms with E-state index >= 15 is 0 Å². The van der Waals surface area contributed by atoms with Gasteiger partial charge in [0, 0.05) is 29.5 Å². The highest BCUT2D eigenvalue weighted by Gasteiger charge is 2.10. The zero-order valence-electron chi connectivity index (χ0n) is 10.1. The summed E-state index contributed by atoms with van der Waals surface area (Å²) in [5.41, 5.74) is 1.18. The zero-order chi connectivity index (χ0) is 13.7. The van der Waals surface area contributed by atoms with E-state index in [0.717, 1.165) is 0 Å². The smallest absolute Gasteiger partial charge is 0.251 e. The number of nitrogens with zero attached hydrogens (tertiary/aromatic N) is 1. The summed E-state index contributed by atoms with van der Waals surface area (Å²) >= 11 is 5.84. The lowest BCUT2D eigenvalue weighted by molar-refractivity contribution is 0.0916. The van der Waals surface area contributed by atoms with Crippen LogP contribution in [-0.4, -0.2) is 22.5 Å². The van der Waals surface area contributed by atoms with Crippen molar-refractivity contribution in [3.05, 3.63) is 64.9 Å². The first-order chi connectivity index (χ1) is 9.16. The molecule has 0 aliphatic carbocycles. The summed E-state index contributed by atoms with van der Waals surface area (Å²) in [6.07, 6.45) is 2.30. The van der Waals surface area contributed by atoms with Crippen molar-refractivity contribution in [2.24, 2.45) is 0 Å². The lowest BCUT2D eigenvalue weighted by atomic mass is 10.1. The topological polar surface area (TPSA) is 62.2 Å². The van der Waals surface area contributed by atoms with Crippen LogP contribution in [0.4, 0.5) is 0 Å². The Morgan fingerprint density at radius 2 is 2.05 bits per heavy atom. The number of hydrogen-bond donors (Lipinski definition) is 2. The van der Waals surface area contributed by atoms with E-state index in [1.54, 1.807) is 48.8 Å². The van der Waals surface area contributed by atoms with Gasteiger partial charge >= 0.3 is 0 Å². The van der Waals surface area contributed by atoms with Crippen molar-refractivity contribution in [1.29, 1.82) is 0 Å². The largest absolute Gasteiger partial charge is 0.387 e. The fraction of sp³-hybridized carbons (Fsp3) is 0.143. The van der Waals surface area contributed by atoms with Crippen molar-refractivity contribution in [2.75, 3.05) is 6.54 Å². The molecular weight excluding hydrogens is 264 g/mol. The Morgan fingerprint density at radius 3 is 2.74 bits per heavy atom. The van der Waals surface area contributed by atoms with Gasteiger partial charge in [-0.05, 0) is 29.8 Å². The Balaban J connectivity index is 1.94. The number of halogens is 1. The number of rotatable bonds is 4. The van der Waals surface area contributed by atoms with Gasteiger partial charge in [-0.2, -0.15) is 0 Å². The van der Waals surface area contributed by atoms with Crippen molar-refractivity contribution >= 4 is 17.5 Å². The number of nitrogens with one attached hydrogen (secondary N) is 1. The predicted molar refractivity (Wildman–Crippen MR) is 73.0 cm³/mol. The third kappa shape index (κ3) is 3.77. The second-order valence-corrected chi connectivity index (χ2v) is 4.45. The summed E-state index contributed by atoms with van der Waals surface area (Å²) in [4.78, 5) is 15.6.